The van der Waals surface area contributed by atoms with Crippen LogP contribution in [0.3, 0.4) is 0 Å². The zero-order chi connectivity index (χ0) is 13.8. The van der Waals surface area contributed by atoms with Gasteiger partial charge in [0.25, 0.3) is 0 Å². The first-order chi connectivity index (χ1) is 8.69. The van der Waals surface area contributed by atoms with Gasteiger partial charge in [0.2, 0.25) is 0 Å². The standard InChI is InChI=1S/C14H29NO3/c1-4-7-9-15(10-8-5-2)11-13(12-16)14(17)18-6-3/h13,16H,4-12H2,1-3H3. The van der Waals surface area contributed by atoms with E-state index in [1.54, 1.807) is 6.92 Å². The number of aliphatic hydroxyl groups is 1. The van der Waals surface area contributed by atoms with E-state index < -0.39 is 5.92 Å². The van der Waals surface area contributed by atoms with E-state index in [9.17, 15) is 9.90 Å². The first-order valence-electron chi connectivity index (χ1n) is 7.19. The van der Waals surface area contributed by atoms with Gasteiger partial charge < -0.3 is 14.7 Å². The number of hydrogen-bond donors (Lipinski definition) is 1. The summed E-state index contributed by atoms with van der Waals surface area (Å²) in [5.74, 6) is -0.684. The van der Waals surface area contributed by atoms with Gasteiger partial charge in [0.1, 0.15) is 0 Å². The summed E-state index contributed by atoms with van der Waals surface area (Å²) < 4.78 is 4.98. The molecular weight excluding hydrogens is 230 g/mol. The average Bonchev–Trinajstić information content (AvgIpc) is 2.38. The van der Waals surface area contributed by atoms with Crippen LogP contribution in [-0.4, -0.2) is 48.8 Å². The Morgan fingerprint density at radius 2 is 1.72 bits per heavy atom. The number of unbranched alkanes of at least 4 members (excludes halogenated alkanes) is 2. The predicted molar refractivity (Wildman–Crippen MR) is 73.5 cm³/mol. The van der Waals surface area contributed by atoms with E-state index in [1.807, 2.05) is 0 Å². The number of carbonyl (C=O) groups excluding carboxylic acids is 1. The number of carbonyl (C=O) groups is 1. The van der Waals surface area contributed by atoms with Crippen LogP contribution >= 0.6 is 0 Å². The Bertz CT molecular complexity index is 201. The van der Waals surface area contributed by atoms with Crippen molar-refractivity contribution in [2.24, 2.45) is 5.92 Å². The maximum Gasteiger partial charge on any atom is 0.312 e. The highest BCUT2D eigenvalue weighted by Gasteiger charge is 2.21. The summed E-state index contributed by atoms with van der Waals surface area (Å²) in [6.07, 6.45) is 4.55. The van der Waals surface area contributed by atoms with E-state index in [4.69, 9.17) is 4.74 Å². The molecular formula is C14H29NO3. The summed E-state index contributed by atoms with van der Waals surface area (Å²) in [5, 5.41) is 9.30. The van der Waals surface area contributed by atoms with Gasteiger partial charge in [0.15, 0.2) is 0 Å². The normalized spacial score (nSPS) is 12.7. The number of rotatable bonds is 11. The minimum Gasteiger partial charge on any atom is -0.466 e. The van der Waals surface area contributed by atoms with Gasteiger partial charge in [0.05, 0.1) is 19.1 Å². The van der Waals surface area contributed by atoms with E-state index in [-0.39, 0.29) is 12.6 Å². The molecule has 0 aliphatic heterocycles. The van der Waals surface area contributed by atoms with Crippen LogP contribution in [0.25, 0.3) is 0 Å². The smallest absolute Gasteiger partial charge is 0.312 e. The molecule has 0 heterocycles. The maximum absolute atomic E-state index is 11.6. The highest BCUT2D eigenvalue weighted by atomic mass is 16.5. The lowest BCUT2D eigenvalue weighted by Crippen LogP contribution is -2.37. The van der Waals surface area contributed by atoms with Crippen LogP contribution < -0.4 is 0 Å². The molecule has 0 spiro atoms. The molecule has 0 aromatic rings. The largest absolute Gasteiger partial charge is 0.466 e. The van der Waals surface area contributed by atoms with Gasteiger partial charge in [-0.2, -0.15) is 0 Å². The molecule has 1 atom stereocenters. The highest BCUT2D eigenvalue weighted by molar-refractivity contribution is 5.72. The van der Waals surface area contributed by atoms with Gasteiger partial charge in [-0.1, -0.05) is 26.7 Å². The summed E-state index contributed by atoms with van der Waals surface area (Å²) >= 11 is 0. The second-order valence-corrected chi connectivity index (χ2v) is 4.64. The van der Waals surface area contributed by atoms with Gasteiger partial charge in [-0.05, 0) is 32.9 Å². The number of aliphatic hydroxyl groups excluding tert-OH is 1. The molecule has 0 rings (SSSR count). The van der Waals surface area contributed by atoms with Crippen molar-refractivity contribution in [3.05, 3.63) is 0 Å². The third kappa shape index (κ3) is 7.67. The molecule has 18 heavy (non-hydrogen) atoms. The van der Waals surface area contributed by atoms with Crippen molar-refractivity contribution >= 4 is 5.97 Å². The Kier molecular flexibility index (Phi) is 11.1. The Hall–Kier alpha value is -0.610. The van der Waals surface area contributed by atoms with Gasteiger partial charge in [-0.25, -0.2) is 0 Å². The molecule has 0 fully saturated rings. The number of esters is 1. The van der Waals surface area contributed by atoms with Crippen molar-refractivity contribution in [3.8, 4) is 0 Å². The minimum absolute atomic E-state index is 0.131. The Labute approximate surface area is 111 Å². The first kappa shape index (κ1) is 17.4. The summed E-state index contributed by atoms with van der Waals surface area (Å²) in [6, 6.07) is 0. The number of ether oxygens (including phenoxy) is 1. The third-order valence-corrected chi connectivity index (χ3v) is 2.97. The van der Waals surface area contributed by atoms with Crippen LogP contribution in [0.15, 0.2) is 0 Å². The molecule has 4 nitrogen and oxygen atoms in total. The highest BCUT2D eigenvalue weighted by Crippen LogP contribution is 2.07. The Balaban J connectivity index is 4.25. The zero-order valence-electron chi connectivity index (χ0n) is 12.2. The van der Waals surface area contributed by atoms with E-state index in [1.165, 1.54) is 0 Å². The van der Waals surface area contributed by atoms with Crippen molar-refractivity contribution in [1.29, 1.82) is 0 Å². The van der Waals surface area contributed by atoms with Gasteiger partial charge in [-0.3, -0.25) is 4.79 Å². The molecule has 0 saturated carbocycles. The zero-order valence-corrected chi connectivity index (χ0v) is 12.2. The molecule has 0 aromatic carbocycles. The number of hydrogen-bond acceptors (Lipinski definition) is 4. The summed E-state index contributed by atoms with van der Waals surface area (Å²) in [4.78, 5) is 13.9. The molecule has 0 radical (unpaired) electrons. The Morgan fingerprint density at radius 1 is 1.17 bits per heavy atom. The average molecular weight is 259 g/mol. The summed E-state index contributed by atoms with van der Waals surface area (Å²) in [5.41, 5.74) is 0. The van der Waals surface area contributed by atoms with Crippen LogP contribution in [0.2, 0.25) is 0 Å². The molecule has 0 aliphatic rings. The molecule has 0 amide bonds. The fourth-order valence-corrected chi connectivity index (χ4v) is 1.84. The fraction of sp³-hybridized carbons (Fsp3) is 0.929. The lowest BCUT2D eigenvalue weighted by atomic mass is 10.1. The molecule has 0 bridgehead atoms. The van der Waals surface area contributed by atoms with Crippen molar-refractivity contribution in [2.45, 2.75) is 46.5 Å². The molecule has 0 aliphatic carbocycles. The van der Waals surface area contributed by atoms with Crippen LogP contribution in [0.5, 0.6) is 0 Å². The quantitative estimate of drug-likeness (QED) is 0.577. The maximum atomic E-state index is 11.6. The van der Waals surface area contributed by atoms with E-state index in [0.29, 0.717) is 13.2 Å². The predicted octanol–water partition coefficient (Wildman–Crippen LogP) is 2.06. The second kappa shape index (κ2) is 11.5. The molecule has 0 saturated heterocycles. The van der Waals surface area contributed by atoms with Crippen LogP contribution in [0.1, 0.15) is 46.5 Å². The van der Waals surface area contributed by atoms with E-state index in [0.717, 1.165) is 38.8 Å². The molecule has 108 valence electrons. The van der Waals surface area contributed by atoms with Crippen LogP contribution in [0.4, 0.5) is 0 Å². The monoisotopic (exact) mass is 259 g/mol. The molecule has 0 aromatic heterocycles. The fourth-order valence-electron chi connectivity index (χ4n) is 1.84. The van der Waals surface area contributed by atoms with Crippen LogP contribution in [0, 0.1) is 5.92 Å². The SMILES string of the molecule is CCCCN(CCCC)CC(CO)C(=O)OCC. The van der Waals surface area contributed by atoms with Gasteiger partial charge >= 0.3 is 5.97 Å². The van der Waals surface area contributed by atoms with E-state index in [2.05, 4.69) is 18.7 Å². The van der Waals surface area contributed by atoms with E-state index >= 15 is 0 Å². The third-order valence-electron chi connectivity index (χ3n) is 2.97. The Morgan fingerprint density at radius 3 is 2.11 bits per heavy atom. The van der Waals surface area contributed by atoms with Crippen molar-refractivity contribution in [2.75, 3.05) is 32.8 Å². The lowest BCUT2D eigenvalue weighted by Gasteiger charge is -2.25. The molecule has 4 heteroatoms. The number of nitrogens with zero attached hydrogens (tertiary/aromatic N) is 1. The molecule has 1 unspecified atom stereocenters. The summed E-state index contributed by atoms with van der Waals surface area (Å²) in [6.45, 7) is 8.94. The van der Waals surface area contributed by atoms with Crippen LogP contribution in [-0.2, 0) is 9.53 Å². The second-order valence-electron chi connectivity index (χ2n) is 4.64. The van der Waals surface area contributed by atoms with Crippen molar-refractivity contribution < 1.29 is 14.6 Å². The first-order valence-corrected chi connectivity index (χ1v) is 7.19. The van der Waals surface area contributed by atoms with Crippen molar-refractivity contribution in [1.82, 2.24) is 4.90 Å². The topological polar surface area (TPSA) is 49.8 Å². The van der Waals surface area contributed by atoms with Gasteiger partial charge in [-0.15, -0.1) is 0 Å². The summed E-state index contributed by atoms with van der Waals surface area (Å²) in [7, 11) is 0. The lowest BCUT2D eigenvalue weighted by molar-refractivity contribution is -0.150. The minimum atomic E-state index is -0.404. The van der Waals surface area contributed by atoms with Gasteiger partial charge in [0, 0.05) is 6.54 Å². The molecule has 1 N–H and O–H groups in total. The van der Waals surface area contributed by atoms with Crippen molar-refractivity contribution in [3.63, 3.8) is 0 Å².